The van der Waals surface area contributed by atoms with Crippen LogP contribution in [0.15, 0.2) is 40.9 Å². The number of nitrogens with zero attached hydrogens (tertiary/aromatic N) is 1. The van der Waals surface area contributed by atoms with E-state index >= 15 is 0 Å². The Labute approximate surface area is 188 Å². The second-order valence-corrected chi connectivity index (χ2v) is 7.87. The number of ether oxygens (including phenoxy) is 1. The van der Waals surface area contributed by atoms with Crippen LogP contribution in [-0.4, -0.2) is 53.1 Å². The zero-order valence-electron chi connectivity index (χ0n) is 18.9. The molecule has 0 saturated heterocycles. The molecule has 0 saturated carbocycles. The third kappa shape index (κ3) is 6.91. The van der Waals surface area contributed by atoms with Crippen LogP contribution in [0.1, 0.15) is 56.0 Å². The highest BCUT2D eigenvalue weighted by Gasteiger charge is 2.37. The molecule has 174 valence electrons. The molecule has 9 heteroatoms. The molecule has 1 aliphatic carbocycles. The number of hydrogen-bond donors (Lipinski definition) is 4. The predicted molar refractivity (Wildman–Crippen MR) is 121 cm³/mol. The molecule has 5 N–H and O–H groups in total. The molecule has 2 amide bonds. The Balaban J connectivity index is 2.32. The molecule has 0 aromatic heterocycles. The summed E-state index contributed by atoms with van der Waals surface area (Å²) in [6.45, 7) is 7.18. The van der Waals surface area contributed by atoms with Crippen molar-refractivity contribution in [2.45, 2.75) is 71.2 Å². The zero-order chi connectivity index (χ0) is 23.8. The molecule has 0 aliphatic heterocycles. The van der Waals surface area contributed by atoms with Crippen molar-refractivity contribution in [2.75, 3.05) is 0 Å². The number of amides is 2. The first-order chi connectivity index (χ1) is 15.1. The number of carboxylic acids is 1. The minimum absolute atomic E-state index is 0.0318. The fourth-order valence-corrected chi connectivity index (χ4v) is 3.65. The molecule has 0 unspecified atom stereocenters. The first kappa shape index (κ1) is 25.1. The number of hydrogen-bond acceptors (Lipinski definition) is 5. The minimum Gasteiger partial charge on any atom is -0.478 e. The smallest absolute Gasteiger partial charge is 0.331 e. The number of nitrogens with two attached hydrogens (primary N) is 1. The number of rotatable bonds is 8. The van der Waals surface area contributed by atoms with Crippen LogP contribution in [0.5, 0.6) is 0 Å². The second-order valence-electron chi connectivity index (χ2n) is 7.87. The number of guanidine groups is 1. The van der Waals surface area contributed by atoms with Gasteiger partial charge in [-0.15, -0.1) is 0 Å². The van der Waals surface area contributed by atoms with Crippen LogP contribution in [0.4, 0.5) is 0 Å². The van der Waals surface area contributed by atoms with E-state index in [9.17, 15) is 19.5 Å². The van der Waals surface area contributed by atoms with Crippen molar-refractivity contribution >= 4 is 23.7 Å². The summed E-state index contributed by atoms with van der Waals surface area (Å²) in [5.41, 5.74) is 7.45. The van der Waals surface area contributed by atoms with Crippen molar-refractivity contribution in [3.05, 3.63) is 47.0 Å². The highest BCUT2D eigenvalue weighted by molar-refractivity contribution is 6.05. The molecular weight excluding hydrogens is 412 g/mol. The first-order valence-electron chi connectivity index (χ1n) is 10.7. The van der Waals surface area contributed by atoms with Gasteiger partial charge in [0.05, 0.1) is 24.3 Å². The largest absolute Gasteiger partial charge is 0.478 e. The molecule has 3 atom stereocenters. The molecule has 0 spiro atoms. The molecule has 0 radical (unpaired) electrons. The molecule has 2 rings (SSSR count). The van der Waals surface area contributed by atoms with E-state index in [1.54, 1.807) is 18.2 Å². The average molecular weight is 445 g/mol. The fraction of sp³-hybridized carbons (Fsp3) is 0.478. The molecule has 1 aromatic carbocycles. The molecule has 32 heavy (non-hydrogen) atoms. The summed E-state index contributed by atoms with van der Waals surface area (Å²) in [5.74, 6) is -1.99. The van der Waals surface area contributed by atoms with E-state index in [-0.39, 0.29) is 30.0 Å². The van der Waals surface area contributed by atoms with Crippen molar-refractivity contribution in [2.24, 2.45) is 10.7 Å². The number of benzene rings is 1. The lowest BCUT2D eigenvalue weighted by Crippen LogP contribution is -2.54. The van der Waals surface area contributed by atoms with E-state index in [0.717, 1.165) is 18.4 Å². The molecule has 0 fully saturated rings. The maximum Gasteiger partial charge on any atom is 0.331 e. The van der Waals surface area contributed by atoms with Crippen molar-refractivity contribution < 1.29 is 24.2 Å². The van der Waals surface area contributed by atoms with Crippen LogP contribution < -0.4 is 16.4 Å². The Morgan fingerprint density at radius 2 is 1.97 bits per heavy atom. The molecule has 9 nitrogen and oxygen atoms in total. The number of aliphatic imine (C=N–C) groups is 1. The zero-order valence-corrected chi connectivity index (χ0v) is 18.9. The van der Waals surface area contributed by atoms with Gasteiger partial charge in [0.25, 0.3) is 5.91 Å². The summed E-state index contributed by atoms with van der Waals surface area (Å²) >= 11 is 0. The average Bonchev–Trinajstić information content (AvgIpc) is 2.73. The predicted octanol–water partition coefficient (Wildman–Crippen LogP) is 1.90. The molecule has 1 aromatic rings. The quantitative estimate of drug-likeness (QED) is 0.356. The number of aliphatic carboxylic acids is 1. The van der Waals surface area contributed by atoms with Gasteiger partial charge in [-0.05, 0) is 38.0 Å². The van der Waals surface area contributed by atoms with Crippen molar-refractivity contribution in [1.29, 1.82) is 0 Å². The van der Waals surface area contributed by atoms with Gasteiger partial charge in [-0.2, -0.15) is 0 Å². The lowest BCUT2D eigenvalue weighted by molar-refractivity contribution is -0.133. The Morgan fingerprint density at radius 1 is 1.28 bits per heavy atom. The summed E-state index contributed by atoms with van der Waals surface area (Å²) < 4.78 is 6.11. The Hall–Kier alpha value is -3.20. The van der Waals surface area contributed by atoms with Gasteiger partial charge in [0.15, 0.2) is 5.96 Å². The number of aryl methyl sites for hydroxylation is 1. The lowest BCUT2D eigenvalue weighted by Gasteiger charge is -2.36. The Morgan fingerprint density at radius 3 is 2.53 bits per heavy atom. The monoisotopic (exact) mass is 444 g/mol. The van der Waals surface area contributed by atoms with Crippen LogP contribution in [0.2, 0.25) is 0 Å². The maximum absolute atomic E-state index is 12.5. The summed E-state index contributed by atoms with van der Waals surface area (Å²) in [5, 5.41) is 14.9. The van der Waals surface area contributed by atoms with Crippen molar-refractivity contribution in [3.8, 4) is 0 Å². The normalized spacial score (nSPS) is 21.1. The van der Waals surface area contributed by atoms with E-state index in [1.165, 1.54) is 13.0 Å². The lowest BCUT2D eigenvalue weighted by atomic mass is 9.88. The number of nitrogens with one attached hydrogen (secondary N) is 2. The third-order valence-electron chi connectivity index (χ3n) is 5.29. The highest BCUT2D eigenvalue weighted by atomic mass is 16.5. The highest BCUT2D eigenvalue weighted by Crippen LogP contribution is 2.26. The van der Waals surface area contributed by atoms with Gasteiger partial charge in [0.1, 0.15) is 0 Å². The SMILES string of the molecule is CCC(CC)O[C@@H]1C=C(C(=O)O)C[C@H](N=C(N)NC(=O)c2cccc(C)c2)[C@H]1NC(C)=O. The second kappa shape index (κ2) is 11.4. The fourth-order valence-electron chi connectivity index (χ4n) is 3.65. The Kier molecular flexibility index (Phi) is 8.95. The topological polar surface area (TPSA) is 143 Å². The van der Waals surface area contributed by atoms with Gasteiger partial charge < -0.3 is 20.9 Å². The van der Waals surface area contributed by atoms with E-state index in [1.807, 2.05) is 26.8 Å². The molecule has 0 bridgehead atoms. The molecule has 0 heterocycles. The summed E-state index contributed by atoms with van der Waals surface area (Å²) in [7, 11) is 0. The van der Waals surface area contributed by atoms with Gasteiger partial charge in [-0.25, -0.2) is 9.79 Å². The van der Waals surface area contributed by atoms with Crippen LogP contribution >= 0.6 is 0 Å². The van der Waals surface area contributed by atoms with Gasteiger partial charge >= 0.3 is 5.97 Å². The van der Waals surface area contributed by atoms with Gasteiger partial charge in [0.2, 0.25) is 5.91 Å². The minimum atomic E-state index is -1.09. The summed E-state index contributed by atoms with van der Waals surface area (Å²) in [6, 6.07) is 5.64. The summed E-state index contributed by atoms with van der Waals surface area (Å²) in [4.78, 5) is 40.4. The van der Waals surface area contributed by atoms with E-state index in [2.05, 4.69) is 15.6 Å². The number of carboxylic acid groups (broad SMARTS) is 1. The van der Waals surface area contributed by atoms with Crippen molar-refractivity contribution in [1.82, 2.24) is 10.6 Å². The Bertz CT molecular complexity index is 907. The van der Waals surface area contributed by atoms with Gasteiger partial charge in [0, 0.05) is 24.5 Å². The van der Waals surface area contributed by atoms with Gasteiger partial charge in [-0.3, -0.25) is 14.9 Å². The van der Waals surface area contributed by atoms with E-state index in [0.29, 0.717) is 5.56 Å². The summed E-state index contributed by atoms with van der Waals surface area (Å²) in [6.07, 6.45) is 2.22. The van der Waals surface area contributed by atoms with Crippen LogP contribution in [-0.2, 0) is 14.3 Å². The molecule has 1 aliphatic rings. The maximum atomic E-state index is 12.5. The number of carbonyl (C=O) groups excluding carboxylic acids is 2. The first-order valence-corrected chi connectivity index (χ1v) is 10.7. The molecular formula is C23H32N4O5. The van der Waals surface area contributed by atoms with Crippen LogP contribution in [0.25, 0.3) is 0 Å². The number of carbonyl (C=O) groups is 3. The van der Waals surface area contributed by atoms with E-state index < -0.39 is 30.1 Å². The van der Waals surface area contributed by atoms with Crippen LogP contribution in [0, 0.1) is 6.92 Å². The van der Waals surface area contributed by atoms with Crippen LogP contribution in [0.3, 0.4) is 0 Å². The standard InChI is InChI=1S/C23H32N4O5/c1-5-17(6-2)32-19-12-16(22(30)31)11-18(20(19)25-14(4)28)26-23(24)27-21(29)15-9-7-8-13(3)10-15/h7-10,12,17-20H,5-6,11H2,1-4H3,(H,25,28)(H,30,31)(H3,24,26,27,29)/t18-,19+,20+/m0/s1. The van der Waals surface area contributed by atoms with E-state index in [4.69, 9.17) is 10.5 Å². The van der Waals surface area contributed by atoms with Crippen molar-refractivity contribution in [3.63, 3.8) is 0 Å². The third-order valence-corrected chi connectivity index (χ3v) is 5.29. The van der Waals surface area contributed by atoms with Gasteiger partial charge in [-0.1, -0.05) is 31.5 Å².